The van der Waals surface area contributed by atoms with Gasteiger partial charge in [-0.25, -0.2) is 4.98 Å². The van der Waals surface area contributed by atoms with Crippen LogP contribution in [0.2, 0.25) is 0 Å². The molecule has 120 valence electrons. The van der Waals surface area contributed by atoms with E-state index >= 15 is 0 Å². The number of halogens is 1. The molecule has 2 N–H and O–H groups in total. The molecule has 0 aliphatic heterocycles. The average molecular weight is 382 g/mol. The van der Waals surface area contributed by atoms with Gasteiger partial charge in [0.25, 0.3) is 5.91 Å². The second-order valence-electron chi connectivity index (χ2n) is 5.34. The molecule has 3 aromatic rings. The summed E-state index contributed by atoms with van der Waals surface area (Å²) in [7, 11) is 0. The van der Waals surface area contributed by atoms with E-state index in [1.165, 1.54) is 0 Å². The van der Waals surface area contributed by atoms with Gasteiger partial charge in [0.15, 0.2) is 0 Å². The number of nitrogens with one attached hydrogen (secondary N) is 2. The Kier molecular flexibility index (Phi) is 4.91. The van der Waals surface area contributed by atoms with Gasteiger partial charge in [0.2, 0.25) is 0 Å². The minimum Gasteiger partial charge on any atom is -0.340 e. The molecule has 1 amide bonds. The molecule has 24 heavy (non-hydrogen) atoms. The normalized spacial score (nSPS) is 10.2. The van der Waals surface area contributed by atoms with Crippen LogP contribution in [0.15, 0.2) is 71.3 Å². The van der Waals surface area contributed by atoms with Gasteiger partial charge in [-0.3, -0.25) is 4.79 Å². The average Bonchev–Trinajstić information content (AvgIpc) is 2.57. The van der Waals surface area contributed by atoms with Crippen molar-refractivity contribution in [2.24, 2.45) is 0 Å². The summed E-state index contributed by atoms with van der Waals surface area (Å²) in [6.45, 7) is 1.91. The Labute approximate surface area is 149 Å². The van der Waals surface area contributed by atoms with Crippen LogP contribution in [0.1, 0.15) is 15.9 Å². The molecule has 0 saturated heterocycles. The molecule has 0 bridgehead atoms. The van der Waals surface area contributed by atoms with Crippen LogP contribution in [0.25, 0.3) is 0 Å². The van der Waals surface area contributed by atoms with E-state index in [4.69, 9.17) is 0 Å². The Morgan fingerprint density at radius 1 is 1.00 bits per heavy atom. The lowest BCUT2D eigenvalue weighted by Crippen LogP contribution is -2.13. The molecule has 0 aliphatic rings. The molecular weight excluding hydrogens is 366 g/mol. The van der Waals surface area contributed by atoms with E-state index in [-0.39, 0.29) is 5.91 Å². The molecule has 3 rings (SSSR count). The molecule has 0 saturated carbocycles. The number of benzene rings is 2. The maximum absolute atomic E-state index is 12.3. The number of pyridine rings is 1. The van der Waals surface area contributed by atoms with E-state index in [1.54, 1.807) is 12.3 Å². The molecule has 5 heteroatoms. The van der Waals surface area contributed by atoms with E-state index in [0.717, 1.165) is 15.7 Å². The monoisotopic (exact) mass is 381 g/mol. The molecule has 4 nitrogen and oxygen atoms in total. The van der Waals surface area contributed by atoms with Crippen molar-refractivity contribution in [1.82, 2.24) is 4.98 Å². The zero-order chi connectivity index (χ0) is 16.9. The maximum Gasteiger partial charge on any atom is 0.255 e. The summed E-state index contributed by atoms with van der Waals surface area (Å²) in [6.07, 6.45) is 1.64. The number of hydrogen-bond acceptors (Lipinski definition) is 3. The largest absolute Gasteiger partial charge is 0.340 e. The van der Waals surface area contributed by atoms with Crippen LogP contribution in [0.3, 0.4) is 0 Å². The van der Waals surface area contributed by atoms with Gasteiger partial charge in [0.05, 0.1) is 11.9 Å². The van der Waals surface area contributed by atoms with Crippen LogP contribution in [0, 0.1) is 6.92 Å². The number of rotatable bonds is 4. The summed E-state index contributed by atoms with van der Waals surface area (Å²) in [5.41, 5.74) is 3.20. The predicted octanol–water partition coefficient (Wildman–Crippen LogP) is 5.15. The number of aromatic nitrogens is 1. The van der Waals surface area contributed by atoms with Gasteiger partial charge in [-0.15, -0.1) is 0 Å². The number of aryl methyl sites for hydroxylation is 1. The standard InChI is InChI=1S/C19H16BrN3O/c1-13-5-2-3-8-17(13)19(24)23-16-9-10-18(21-12-16)22-15-7-4-6-14(20)11-15/h2-12H,1H3,(H,21,22)(H,23,24). The van der Waals surface area contributed by atoms with Crippen molar-refractivity contribution >= 4 is 39.0 Å². The fraction of sp³-hybridized carbons (Fsp3) is 0.0526. The third kappa shape index (κ3) is 4.00. The van der Waals surface area contributed by atoms with Gasteiger partial charge in [0, 0.05) is 15.7 Å². The van der Waals surface area contributed by atoms with Crippen LogP contribution < -0.4 is 10.6 Å². The predicted molar refractivity (Wildman–Crippen MR) is 101 cm³/mol. The lowest BCUT2D eigenvalue weighted by atomic mass is 10.1. The van der Waals surface area contributed by atoms with Crippen molar-refractivity contribution in [1.29, 1.82) is 0 Å². The Morgan fingerprint density at radius 3 is 2.54 bits per heavy atom. The van der Waals surface area contributed by atoms with Crippen LogP contribution >= 0.6 is 15.9 Å². The zero-order valence-electron chi connectivity index (χ0n) is 13.1. The van der Waals surface area contributed by atoms with E-state index in [1.807, 2.05) is 61.5 Å². The quantitative estimate of drug-likeness (QED) is 0.656. The number of carbonyl (C=O) groups excluding carboxylic acids is 1. The SMILES string of the molecule is Cc1ccccc1C(=O)Nc1ccc(Nc2cccc(Br)c2)nc1. The molecule has 0 radical (unpaired) electrons. The molecule has 1 aromatic heterocycles. The van der Waals surface area contributed by atoms with Crippen molar-refractivity contribution in [3.8, 4) is 0 Å². The summed E-state index contributed by atoms with van der Waals surface area (Å²) in [4.78, 5) is 16.6. The van der Waals surface area contributed by atoms with Crippen LogP contribution in [0.5, 0.6) is 0 Å². The molecule has 0 spiro atoms. The van der Waals surface area contributed by atoms with Gasteiger partial charge < -0.3 is 10.6 Å². The van der Waals surface area contributed by atoms with Crippen LogP contribution in [-0.2, 0) is 0 Å². The highest BCUT2D eigenvalue weighted by molar-refractivity contribution is 9.10. The Hall–Kier alpha value is -2.66. The number of hydrogen-bond donors (Lipinski definition) is 2. The minimum absolute atomic E-state index is 0.136. The second kappa shape index (κ2) is 7.27. The number of nitrogens with zero attached hydrogens (tertiary/aromatic N) is 1. The number of anilines is 3. The summed E-state index contributed by atoms with van der Waals surface area (Å²) in [5.74, 6) is 0.574. The first-order valence-corrected chi connectivity index (χ1v) is 8.27. The van der Waals surface area contributed by atoms with Crippen molar-refractivity contribution in [2.45, 2.75) is 6.92 Å². The zero-order valence-corrected chi connectivity index (χ0v) is 14.7. The Bertz CT molecular complexity index is 862. The van der Waals surface area contributed by atoms with Gasteiger partial charge >= 0.3 is 0 Å². The molecular formula is C19H16BrN3O. The van der Waals surface area contributed by atoms with Crippen LogP contribution in [0.4, 0.5) is 17.2 Å². The highest BCUT2D eigenvalue weighted by Gasteiger charge is 2.08. The summed E-state index contributed by atoms with van der Waals surface area (Å²) in [6, 6.07) is 19.0. The summed E-state index contributed by atoms with van der Waals surface area (Å²) < 4.78 is 0.995. The fourth-order valence-electron chi connectivity index (χ4n) is 2.28. The molecule has 0 unspecified atom stereocenters. The summed E-state index contributed by atoms with van der Waals surface area (Å²) >= 11 is 3.43. The molecule has 0 atom stereocenters. The van der Waals surface area contributed by atoms with Gasteiger partial charge in [-0.05, 0) is 48.9 Å². The van der Waals surface area contributed by atoms with E-state index < -0.39 is 0 Å². The van der Waals surface area contributed by atoms with Crippen molar-refractivity contribution in [3.63, 3.8) is 0 Å². The van der Waals surface area contributed by atoms with E-state index in [0.29, 0.717) is 17.1 Å². The van der Waals surface area contributed by atoms with Crippen molar-refractivity contribution < 1.29 is 4.79 Å². The van der Waals surface area contributed by atoms with Crippen LogP contribution in [-0.4, -0.2) is 10.9 Å². The van der Waals surface area contributed by atoms with Gasteiger partial charge in [-0.2, -0.15) is 0 Å². The van der Waals surface area contributed by atoms with Gasteiger partial charge in [-0.1, -0.05) is 40.2 Å². The highest BCUT2D eigenvalue weighted by atomic mass is 79.9. The molecule has 0 aliphatic carbocycles. The van der Waals surface area contributed by atoms with E-state index in [2.05, 4.69) is 31.5 Å². The fourth-order valence-corrected chi connectivity index (χ4v) is 2.68. The molecule has 1 heterocycles. The number of amides is 1. The van der Waals surface area contributed by atoms with Crippen molar-refractivity contribution in [2.75, 3.05) is 10.6 Å². The van der Waals surface area contributed by atoms with Crippen molar-refractivity contribution in [3.05, 3.63) is 82.5 Å². The maximum atomic E-state index is 12.3. The molecule has 0 fully saturated rings. The Balaban J connectivity index is 1.68. The lowest BCUT2D eigenvalue weighted by molar-refractivity contribution is 0.102. The number of carbonyl (C=O) groups is 1. The summed E-state index contributed by atoms with van der Waals surface area (Å²) in [5, 5.41) is 6.07. The first-order valence-electron chi connectivity index (χ1n) is 7.47. The Morgan fingerprint density at radius 2 is 1.83 bits per heavy atom. The van der Waals surface area contributed by atoms with Gasteiger partial charge in [0.1, 0.15) is 5.82 Å². The first-order chi connectivity index (χ1) is 11.6. The lowest BCUT2D eigenvalue weighted by Gasteiger charge is -2.09. The second-order valence-corrected chi connectivity index (χ2v) is 6.25. The molecule has 2 aromatic carbocycles. The topological polar surface area (TPSA) is 54.0 Å². The highest BCUT2D eigenvalue weighted by Crippen LogP contribution is 2.20. The third-order valence-electron chi connectivity index (χ3n) is 3.51. The van der Waals surface area contributed by atoms with E-state index in [9.17, 15) is 4.79 Å². The smallest absolute Gasteiger partial charge is 0.255 e. The minimum atomic E-state index is -0.136. The third-order valence-corrected chi connectivity index (χ3v) is 4.00. The first kappa shape index (κ1) is 16.2.